The van der Waals surface area contributed by atoms with Gasteiger partial charge >= 0.3 is 0 Å². The maximum absolute atomic E-state index is 13.1. The van der Waals surface area contributed by atoms with E-state index in [9.17, 15) is 13.2 Å². The highest BCUT2D eigenvalue weighted by molar-refractivity contribution is 7.89. The molecule has 32 heavy (non-hydrogen) atoms. The molecule has 3 aromatic rings. The monoisotopic (exact) mass is 451 g/mol. The van der Waals surface area contributed by atoms with Gasteiger partial charge in [0.15, 0.2) is 0 Å². The number of sulfonamides is 1. The predicted molar refractivity (Wildman–Crippen MR) is 127 cm³/mol. The van der Waals surface area contributed by atoms with Gasteiger partial charge < -0.3 is 9.47 Å². The van der Waals surface area contributed by atoms with Crippen LogP contribution in [0.5, 0.6) is 0 Å². The van der Waals surface area contributed by atoms with Gasteiger partial charge in [0.05, 0.1) is 11.3 Å². The van der Waals surface area contributed by atoms with Gasteiger partial charge in [-0.2, -0.15) is 4.31 Å². The van der Waals surface area contributed by atoms with Crippen molar-refractivity contribution in [2.45, 2.75) is 38.0 Å². The van der Waals surface area contributed by atoms with Crippen molar-refractivity contribution in [1.82, 2.24) is 8.87 Å². The third-order valence-electron chi connectivity index (χ3n) is 6.01. The molecule has 7 heteroatoms. The van der Waals surface area contributed by atoms with Crippen molar-refractivity contribution in [2.75, 3.05) is 24.5 Å². The quantitative estimate of drug-likeness (QED) is 0.545. The van der Waals surface area contributed by atoms with Gasteiger partial charge in [-0.15, -0.1) is 0 Å². The fourth-order valence-electron chi connectivity index (χ4n) is 4.27. The second-order valence-corrected chi connectivity index (χ2v) is 9.90. The normalized spacial score (nSPS) is 13.9. The number of fused-ring (bicyclic) bond motifs is 1. The summed E-state index contributed by atoms with van der Waals surface area (Å²) in [5, 5.41) is 0. The standard InChI is InChI=1S/C25H29N3O3S/c1-3-27(4-2)32(30,31)23-13-14-24-21(19-23)8-7-17-28(24)25(29)18-20-9-11-22(12-10-20)26-15-5-6-16-26/h5-6,9-16,19H,3-4,7-8,17-18H2,1-2H3. The fourth-order valence-corrected chi connectivity index (χ4v) is 5.78. The number of nitrogens with zero attached hydrogens (tertiary/aromatic N) is 3. The van der Waals surface area contributed by atoms with Crippen LogP contribution in [-0.4, -0.2) is 42.8 Å². The third-order valence-corrected chi connectivity index (χ3v) is 8.05. The van der Waals surface area contributed by atoms with Crippen LogP contribution in [0.2, 0.25) is 0 Å². The van der Waals surface area contributed by atoms with Gasteiger partial charge in [-0.25, -0.2) is 8.42 Å². The van der Waals surface area contributed by atoms with Gasteiger partial charge in [-0.05, 0) is 66.4 Å². The van der Waals surface area contributed by atoms with Crippen LogP contribution in [0.25, 0.3) is 5.69 Å². The lowest BCUT2D eigenvalue weighted by Crippen LogP contribution is -2.37. The average Bonchev–Trinajstić information content (AvgIpc) is 3.34. The Morgan fingerprint density at radius 3 is 2.34 bits per heavy atom. The summed E-state index contributed by atoms with van der Waals surface area (Å²) >= 11 is 0. The topological polar surface area (TPSA) is 62.6 Å². The molecule has 1 aromatic heterocycles. The van der Waals surface area contributed by atoms with Gasteiger partial charge in [-0.1, -0.05) is 26.0 Å². The Hall–Kier alpha value is -2.90. The van der Waals surface area contributed by atoms with Crippen molar-refractivity contribution in [3.63, 3.8) is 0 Å². The Morgan fingerprint density at radius 1 is 1.00 bits per heavy atom. The zero-order valence-corrected chi connectivity index (χ0v) is 19.4. The average molecular weight is 452 g/mol. The van der Waals surface area contributed by atoms with Crippen LogP contribution in [-0.2, 0) is 27.7 Å². The van der Waals surface area contributed by atoms with E-state index in [4.69, 9.17) is 0 Å². The zero-order chi connectivity index (χ0) is 22.7. The van der Waals surface area contributed by atoms with E-state index in [1.54, 1.807) is 23.1 Å². The Labute approximate surface area is 190 Å². The highest BCUT2D eigenvalue weighted by atomic mass is 32.2. The number of carbonyl (C=O) groups excluding carboxylic acids is 1. The second kappa shape index (κ2) is 9.30. The van der Waals surface area contributed by atoms with E-state index in [0.717, 1.165) is 35.3 Å². The molecule has 0 fully saturated rings. The molecule has 0 bridgehead atoms. The summed E-state index contributed by atoms with van der Waals surface area (Å²) in [6.07, 6.45) is 5.87. The Kier molecular flexibility index (Phi) is 6.48. The number of aromatic nitrogens is 1. The first kappa shape index (κ1) is 22.3. The molecule has 2 aromatic carbocycles. The van der Waals surface area contributed by atoms with E-state index >= 15 is 0 Å². The minimum absolute atomic E-state index is 0.0269. The number of anilines is 1. The molecule has 0 saturated heterocycles. The lowest BCUT2D eigenvalue weighted by atomic mass is 10.0. The first-order chi connectivity index (χ1) is 15.4. The number of hydrogen-bond donors (Lipinski definition) is 0. The molecule has 4 rings (SSSR count). The van der Waals surface area contributed by atoms with E-state index in [0.29, 0.717) is 31.0 Å². The van der Waals surface area contributed by atoms with Crippen molar-refractivity contribution in [1.29, 1.82) is 0 Å². The SMILES string of the molecule is CCN(CC)S(=O)(=O)c1ccc2c(c1)CCCN2C(=O)Cc1ccc(-n2cccc2)cc1. The first-order valence-electron chi connectivity index (χ1n) is 11.1. The summed E-state index contributed by atoms with van der Waals surface area (Å²) < 4.78 is 29.3. The number of rotatable bonds is 7. The van der Waals surface area contributed by atoms with Gasteiger partial charge in [0, 0.05) is 43.4 Å². The zero-order valence-electron chi connectivity index (χ0n) is 18.6. The van der Waals surface area contributed by atoms with Crippen LogP contribution in [0.3, 0.4) is 0 Å². The summed E-state index contributed by atoms with van der Waals surface area (Å²) in [5.74, 6) is 0.0269. The van der Waals surface area contributed by atoms with Crippen molar-refractivity contribution >= 4 is 21.6 Å². The van der Waals surface area contributed by atoms with Crippen molar-refractivity contribution in [2.24, 2.45) is 0 Å². The van der Waals surface area contributed by atoms with Gasteiger partial charge in [0.2, 0.25) is 15.9 Å². The van der Waals surface area contributed by atoms with Crippen LogP contribution < -0.4 is 4.90 Å². The van der Waals surface area contributed by atoms with Crippen LogP contribution in [0.1, 0.15) is 31.4 Å². The molecular formula is C25H29N3O3S. The largest absolute Gasteiger partial charge is 0.324 e. The van der Waals surface area contributed by atoms with Gasteiger partial charge in [0.25, 0.3) is 0 Å². The molecule has 1 aliphatic heterocycles. The summed E-state index contributed by atoms with van der Waals surface area (Å²) in [6.45, 7) is 5.19. The number of hydrogen-bond acceptors (Lipinski definition) is 3. The second-order valence-electron chi connectivity index (χ2n) is 7.96. The minimum atomic E-state index is -3.52. The molecule has 0 saturated carbocycles. The summed E-state index contributed by atoms with van der Waals surface area (Å²) in [7, 11) is -3.52. The minimum Gasteiger partial charge on any atom is -0.324 e. The van der Waals surface area contributed by atoms with Crippen LogP contribution in [0, 0.1) is 0 Å². The molecule has 0 unspecified atom stereocenters. The lowest BCUT2D eigenvalue weighted by molar-refractivity contribution is -0.118. The molecule has 0 aliphatic carbocycles. The van der Waals surface area contributed by atoms with E-state index in [-0.39, 0.29) is 5.91 Å². The molecule has 0 N–H and O–H groups in total. The smallest absolute Gasteiger partial charge is 0.243 e. The molecule has 0 spiro atoms. The van der Waals surface area contributed by atoms with Crippen LogP contribution in [0.15, 0.2) is 71.9 Å². The highest BCUT2D eigenvalue weighted by Gasteiger charge is 2.27. The van der Waals surface area contributed by atoms with Crippen molar-refractivity contribution in [3.8, 4) is 5.69 Å². The van der Waals surface area contributed by atoms with Crippen molar-refractivity contribution < 1.29 is 13.2 Å². The van der Waals surface area contributed by atoms with Crippen LogP contribution in [0.4, 0.5) is 5.69 Å². The molecule has 168 valence electrons. The Morgan fingerprint density at radius 2 is 1.69 bits per heavy atom. The maximum Gasteiger partial charge on any atom is 0.243 e. The van der Waals surface area contributed by atoms with E-state index in [1.807, 2.05) is 67.2 Å². The predicted octanol–water partition coefficient (Wildman–Crippen LogP) is 4.03. The summed E-state index contributed by atoms with van der Waals surface area (Å²) in [6, 6.07) is 17.1. The fraction of sp³-hybridized carbons (Fsp3) is 0.320. The molecule has 2 heterocycles. The maximum atomic E-state index is 13.1. The molecule has 0 atom stereocenters. The summed E-state index contributed by atoms with van der Waals surface area (Å²) in [4.78, 5) is 15.2. The molecule has 1 aliphatic rings. The highest BCUT2D eigenvalue weighted by Crippen LogP contribution is 2.31. The van der Waals surface area contributed by atoms with Gasteiger partial charge in [-0.3, -0.25) is 4.79 Å². The number of carbonyl (C=O) groups is 1. The first-order valence-corrected chi connectivity index (χ1v) is 12.5. The van der Waals surface area contributed by atoms with Gasteiger partial charge in [0.1, 0.15) is 0 Å². The third kappa shape index (κ3) is 4.36. The molecule has 0 radical (unpaired) electrons. The van der Waals surface area contributed by atoms with E-state index < -0.39 is 10.0 Å². The summed E-state index contributed by atoms with van der Waals surface area (Å²) in [5.41, 5.74) is 3.75. The Balaban J connectivity index is 1.53. The number of benzene rings is 2. The molecular weight excluding hydrogens is 422 g/mol. The molecule has 1 amide bonds. The van der Waals surface area contributed by atoms with E-state index in [1.165, 1.54) is 4.31 Å². The van der Waals surface area contributed by atoms with Crippen LogP contribution >= 0.6 is 0 Å². The molecule has 6 nitrogen and oxygen atoms in total. The number of aryl methyl sites for hydroxylation is 1. The Bertz CT molecular complexity index is 1180. The lowest BCUT2D eigenvalue weighted by Gasteiger charge is -2.30. The van der Waals surface area contributed by atoms with E-state index in [2.05, 4.69) is 0 Å². The number of amides is 1. The van der Waals surface area contributed by atoms with Crippen molar-refractivity contribution in [3.05, 3.63) is 78.1 Å².